The van der Waals surface area contributed by atoms with E-state index in [1.54, 1.807) is 19.2 Å². The van der Waals surface area contributed by atoms with Crippen LogP contribution in [0, 0.1) is 0 Å². The summed E-state index contributed by atoms with van der Waals surface area (Å²) in [7, 11) is 1.61. The third kappa shape index (κ3) is 4.93. The summed E-state index contributed by atoms with van der Waals surface area (Å²) in [5, 5.41) is 9.54. The van der Waals surface area contributed by atoms with Crippen LogP contribution in [0.15, 0.2) is 22.7 Å². The maximum atomic E-state index is 9.54. The number of hydrogen-bond donors (Lipinski definition) is 1. The molecule has 0 radical (unpaired) electrons. The van der Waals surface area contributed by atoms with Crippen molar-refractivity contribution in [2.75, 3.05) is 26.9 Å². The van der Waals surface area contributed by atoms with Gasteiger partial charge in [0.2, 0.25) is 0 Å². The SMILES string of the molecule is CCOC[C@@H](O)COc1ccc(OC)cc1Br. The van der Waals surface area contributed by atoms with Crippen molar-refractivity contribution >= 4 is 15.9 Å². The van der Waals surface area contributed by atoms with Gasteiger partial charge in [-0.1, -0.05) is 0 Å². The minimum absolute atomic E-state index is 0.199. The zero-order chi connectivity index (χ0) is 12.7. The quantitative estimate of drug-likeness (QED) is 0.839. The Labute approximate surface area is 110 Å². The topological polar surface area (TPSA) is 47.9 Å². The van der Waals surface area contributed by atoms with Gasteiger partial charge in [0.1, 0.15) is 24.2 Å². The molecule has 4 nitrogen and oxygen atoms in total. The second-order valence-corrected chi connectivity index (χ2v) is 4.27. The Balaban J connectivity index is 2.46. The minimum atomic E-state index is -0.621. The van der Waals surface area contributed by atoms with Crippen LogP contribution >= 0.6 is 15.9 Å². The predicted octanol–water partition coefficient (Wildman–Crippen LogP) is 2.23. The first-order chi connectivity index (χ1) is 8.17. The van der Waals surface area contributed by atoms with Crippen molar-refractivity contribution in [3.63, 3.8) is 0 Å². The van der Waals surface area contributed by atoms with Gasteiger partial charge in [0.25, 0.3) is 0 Å². The summed E-state index contributed by atoms with van der Waals surface area (Å²) in [6.45, 7) is 2.95. The second kappa shape index (κ2) is 7.53. The van der Waals surface area contributed by atoms with E-state index in [1.165, 1.54) is 0 Å². The lowest BCUT2D eigenvalue weighted by Crippen LogP contribution is -2.23. The Hall–Kier alpha value is -0.780. The predicted molar refractivity (Wildman–Crippen MR) is 68.7 cm³/mol. The number of benzene rings is 1. The third-order valence-corrected chi connectivity index (χ3v) is 2.70. The van der Waals surface area contributed by atoms with Gasteiger partial charge in [-0.05, 0) is 41.1 Å². The monoisotopic (exact) mass is 304 g/mol. The molecule has 0 saturated carbocycles. The van der Waals surface area contributed by atoms with Gasteiger partial charge < -0.3 is 19.3 Å². The van der Waals surface area contributed by atoms with Crippen LogP contribution < -0.4 is 9.47 Å². The zero-order valence-electron chi connectivity index (χ0n) is 9.98. The molecule has 0 unspecified atom stereocenters. The third-order valence-electron chi connectivity index (χ3n) is 2.08. The zero-order valence-corrected chi connectivity index (χ0v) is 11.6. The maximum Gasteiger partial charge on any atom is 0.133 e. The first-order valence-corrected chi connectivity index (χ1v) is 6.18. The average Bonchev–Trinajstić information content (AvgIpc) is 2.34. The van der Waals surface area contributed by atoms with Crippen LogP contribution in [0.2, 0.25) is 0 Å². The molecule has 96 valence electrons. The standard InChI is InChI=1S/C12H17BrO4/c1-3-16-7-9(14)8-17-12-5-4-10(15-2)6-11(12)13/h4-6,9,14H,3,7-8H2,1-2H3/t9-/m1/s1. The molecule has 0 heterocycles. The highest BCUT2D eigenvalue weighted by atomic mass is 79.9. The number of hydrogen-bond acceptors (Lipinski definition) is 4. The number of rotatable bonds is 7. The fourth-order valence-electron chi connectivity index (χ4n) is 1.21. The Morgan fingerprint density at radius 2 is 2.12 bits per heavy atom. The van der Waals surface area contributed by atoms with Gasteiger partial charge >= 0.3 is 0 Å². The van der Waals surface area contributed by atoms with Crippen LogP contribution in [0.25, 0.3) is 0 Å². The summed E-state index contributed by atoms with van der Waals surface area (Å²) in [6.07, 6.45) is -0.621. The molecule has 1 aromatic rings. The first kappa shape index (κ1) is 14.3. The van der Waals surface area contributed by atoms with Crippen LogP contribution in [0.5, 0.6) is 11.5 Å². The van der Waals surface area contributed by atoms with E-state index < -0.39 is 6.10 Å². The summed E-state index contributed by atoms with van der Waals surface area (Å²) < 4.78 is 16.4. The van der Waals surface area contributed by atoms with Crippen molar-refractivity contribution in [1.29, 1.82) is 0 Å². The normalized spacial score (nSPS) is 12.2. The van der Waals surface area contributed by atoms with Gasteiger partial charge in [-0.2, -0.15) is 0 Å². The molecule has 1 N–H and O–H groups in total. The Bertz CT molecular complexity index is 343. The molecule has 1 atom stereocenters. The molecule has 1 rings (SSSR count). The fraction of sp³-hybridized carbons (Fsp3) is 0.500. The number of aliphatic hydroxyl groups is 1. The van der Waals surface area contributed by atoms with Gasteiger partial charge in [0.05, 0.1) is 18.2 Å². The van der Waals surface area contributed by atoms with Crippen LogP contribution in [-0.4, -0.2) is 38.1 Å². The van der Waals surface area contributed by atoms with Gasteiger partial charge in [-0.15, -0.1) is 0 Å². The molecule has 0 aliphatic carbocycles. The van der Waals surface area contributed by atoms with E-state index >= 15 is 0 Å². The summed E-state index contributed by atoms with van der Waals surface area (Å²) in [6, 6.07) is 5.40. The molecular formula is C12H17BrO4. The molecule has 0 fully saturated rings. The summed E-state index contributed by atoms with van der Waals surface area (Å²) in [5.74, 6) is 1.42. The van der Waals surface area contributed by atoms with E-state index in [0.29, 0.717) is 12.4 Å². The summed E-state index contributed by atoms with van der Waals surface area (Å²) in [4.78, 5) is 0. The molecule has 5 heteroatoms. The highest BCUT2D eigenvalue weighted by Crippen LogP contribution is 2.29. The Morgan fingerprint density at radius 1 is 1.35 bits per heavy atom. The molecule has 0 bridgehead atoms. The largest absolute Gasteiger partial charge is 0.497 e. The molecule has 0 aliphatic rings. The van der Waals surface area contributed by atoms with E-state index in [2.05, 4.69) is 15.9 Å². The Morgan fingerprint density at radius 3 is 2.71 bits per heavy atom. The van der Waals surface area contributed by atoms with E-state index in [4.69, 9.17) is 14.2 Å². The maximum absolute atomic E-state index is 9.54. The van der Waals surface area contributed by atoms with Crippen LogP contribution in [0.3, 0.4) is 0 Å². The summed E-state index contributed by atoms with van der Waals surface area (Å²) in [5.41, 5.74) is 0. The van der Waals surface area contributed by atoms with Crippen LogP contribution in [0.1, 0.15) is 6.92 Å². The van der Waals surface area contributed by atoms with Crippen LogP contribution in [0.4, 0.5) is 0 Å². The highest BCUT2D eigenvalue weighted by molar-refractivity contribution is 9.10. The average molecular weight is 305 g/mol. The smallest absolute Gasteiger partial charge is 0.133 e. The molecule has 17 heavy (non-hydrogen) atoms. The molecule has 0 aromatic heterocycles. The molecular weight excluding hydrogens is 288 g/mol. The van der Waals surface area contributed by atoms with Gasteiger partial charge in [-0.25, -0.2) is 0 Å². The lowest BCUT2D eigenvalue weighted by molar-refractivity contribution is 0.0163. The molecule has 0 saturated heterocycles. The number of aliphatic hydroxyl groups excluding tert-OH is 1. The lowest BCUT2D eigenvalue weighted by Gasteiger charge is -2.13. The van der Waals surface area contributed by atoms with E-state index in [-0.39, 0.29) is 13.2 Å². The van der Waals surface area contributed by atoms with Gasteiger partial charge in [0.15, 0.2) is 0 Å². The van der Waals surface area contributed by atoms with Gasteiger partial charge in [-0.3, -0.25) is 0 Å². The van der Waals surface area contributed by atoms with E-state index in [1.807, 2.05) is 13.0 Å². The highest BCUT2D eigenvalue weighted by Gasteiger charge is 2.07. The number of methoxy groups -OCH3 is 1. The fourth-order valence-corrected chi connectivity index (χ4v) is 1.69. The lowest BCUT2D eigenvalue weighted by atomic mass is 10.3. The van der Waals surface area contributed by atoms with E-state index in [9.17, 15) is 5.11 Å². The van der Waals surface area contributed by atoms with Crippen molar-refractivity contribution in [2.24, 2.45) is 0 Å². The van der Waals surface area contributed by atoms with Crippen molar-refractivity contribution < 1.29 is 19.3 Å². The Kier molecular flexibility index (Phi) is 6.32. The van der Waals surface area contributed by atoms with Crippen LogP contribution in [-0.2, 0) is 4.74 Å². The minimum Gasteiger partial charge on any atom is -0.497 e. The van der Waals surface area contributed by atoms with Crippen molar-refractivity contribution in [1.82, 2.24) is 0 Å². The molecule has 0 spiro atoms. The van der Waals surface area contributed by atoms with Crippen molar-refractivity contribution in [2.45, 2.75) is 13.0 Å². The van der Waals surface area contributed by atoms with Crippen molar-refractivity contribution in [3.8, 4) is 11.5 Å². The number of ether oxygens (including phenoxy) is 3. The molecule has 0 amide bonds. The number of halogens is 1. The molecule has 0 aliphatic heterocycles. The van der Waals surface area contributed by atoms with Gasteiger partial charge in [0, 0.05) is 6.61 Å². The first-order valence-electron chi connectivity index (χ1n) is 5.39. The molecule has 1 aromatic carbocycles. The van der Waals surface area contributed by atoms with E-state index in [0.717, 1.165) is 10.2 Å². The van der Waals surface area contributed by atoms with Crippen molar-refractivity contribution in [3.05, 3.63) is 22.7 Å². The second-order valence-electron chi connectivity index (χ2n) is 3.42. The summed E-state index contributed by atoms with van der Waals surface area (Å²) >= 11 is 3.37.